The van der Waals surface area contributed by atoms with Gasteiger partial charge in [0.15, 0.2) is 0 Å². The predicted molar refractivity (Wildman–Crippen MR) is 89.0 cm³/mol. The van der Waals surface area contributed by atoms with Crippen LogP contribution < -0.4 is 9.46 Å². The number of anilines is 1. The van der Waals surface area contributed by atoms with E-state index < -0.39 is 16.0 Å². The van der Waals surface area contributed by atoms with Gasteiger partial charge in [-0.25, -0.2) is 17.9 Å². The van der Waals surface area contributed by atoms with Gasteiger partial charge in [0.2, 0.25) is 10.0 Å². The van der Waals surface area contributed by atoms with E-state index in [9.17, 15) is 13.2 Å². The van der Waals surface area contributed by atoms with Gasteiger partial charge in [0.1, 0.15) is 12.1 Å². The molecule has 3 aromatic rings. The van der Waals surface area contributed by atoms with Crippen LogP contribution in [0, 0.1) is 0 Å². The second-order valence-corrected chi connectivity index (χ2v) is 6.84. The number of aromatic nitrogens is 4. The molecule has 1 heterocycles. The SMILES string of the molecule is CS(=O)(=O)Nc1ccc(OC(=O)c2cccc(-n3cnnn3)c2)cc1. The average molecular weight is 359 g/mol. The topological polar surface area (TPSA) is 116 Å². The van der Waals surface area contributed by atoms with Gasteiger partial charge in [0.05, 0.1) is 17.5 Å². The maximum absolute atomic E-state index is 12.3. The van der Waals surface area contributed by atoms with Crippen LogP contribution in [-0.2, 0) is 10.0 Å². The first kappa shape index (κ1) is 16.6. The maximum Gasteiger partial charge on any atom is 0.343 e. The summed E-state index contributed by atoms with van der Waals surface area (Å²) in [5, 5.41) is 10.8. The Kier molecular flexibility index (Phi) is 4.44. The van der Waals surface area contributed by atoms with E-state index in [1.165, 1.54) is 35.3 Å². The Bertz CT molecular complexity index is 985. The maximum atomic E-state index is 12.3. The Morgan fingerprint density at radius 3 is 2.56 bits per heavy atom. The van der Waals surface area contributed by atoms with Crippen LogP contribution in [0.1, 0.15) is 10.4 Å². The van der Waals surface area contributed by atoms with Gasteiger partial charge in [-0.3, -0.25) is 4.72 Å². The third-order valence-corrected chi connectivity index (χ3v) is 3.67. The van der Waals surface area contributed by atoms with Gasteiger partial charge < -0.3 is 4.74 Å². The molecule has 10 heteroatoms. The highest BCUT2D eigenvalue weighted by Gasteiger charge is 2.11. The lowest BCUT2D eigenvalue weighted by atomic mass is 10.2. The molecule has 0 aliphatic carbocycles. The van der Waals surface area contributed by atoms with Gasteiger partial charge in [0, 0.05) is 5.69 Å². The minimum absolute atomic E-state index is 0.289. The normalized spacial score (nSPS) is 11.1. The largest absolute Gasteiger partial charge is 0.423 e. The summed E-state index contributed by atoms with van der Waals surface area (Å²) in [7, 11) is -3.36. The summed E-state index contributed by atoms with van der Waals surface area (Å²) in [6.07, 6.45) is 2.47. The molecular formula is C15H13N5O4S. The molecule has 0 aliphatic heterocycles. The standard InChI is InChI=1S/C15H13N5O4S/c1-25(22,23)17-12-5-7-14(8-6-12)24-15(21)11-3-2-4-13(9-11)20-10-16-18-19-20/h2-10,17H,1H3. The van der Waals surface area contributed by atoms with E-state index in [0.717, 1.165) is 6.26 Å². The molecule has 128 valence electrons. The fourth-order valence-electron chi connectivity index (χ4n) is 2.03. The quantitative estimate of drug-likeness (QED) is 0.538. The van der Waals surface area contributed by atoms with Crippen LogP contribution in [0.4, 0.5) is 5.69 Å². The molecule has 0 amide bonds. The van der Waals surface area contributed by atoms with E-state index in [2.05, 4.69) is 20.2 Å². The van der Waals surface area contributed by atoms with Crippen molar-refractivity contribution in [2.75, 3.05) is 11.0 Å². The number of hydrogen-bond acceptors (Lipinski definition) is 7. The molecule has 0 atom stereocenters. The van der Waals surface area contributed by atoms with Crippen molar-refractivity contribution in [1.29, 1.82) is 0 Å². The average Bonchev–Trinajstić information content (AvgIpc) is 3.10. The van der Waals surface area contributed by atoms with E-state index >= 15 is 0 Å². The molecule has 0 radical (unpaired) electrons. The fourth-order valence-corrected chi connectivity index (χ4v) is 2.59. The third kappa shape index (κ3) is 4.38. The molecule has 9 nitrogen and oxygen atoms in total. The van der Waals surface area contributed by atoms with E-state index in [0.29, 0.717) is 16.9 Å². The van der Waals surface area contributed by atoms with Crippen LogP contribution >= 0.6 is 0 Å². The van der Waals surface area contributed by atoms with Crippen molar-refractivity contribution in [2.24, 2.45) is 0 Å². The van der Waals surface area contributed by atoms with Crippen LogP contribution in [0.25, 0.3) is 5.69 Å². The van der Waals surface area contributed by atoms with Crippen molar-refractivity contribution in [2.45, 2.75) is 0 Å². The van der Waals surface area contributed by atoms with Crippen molar-refractivity contribution in [1.82, 2.24) is 20.2 Å². The zero-order chi connectivity index (χ0) is 17.9. The lowest BCUT2D eigenvalue weighted by Gasteiger charge is -2.07. The number of carbonyl (C=O) groups excluding carboxylic acids is 1. The molecule has 1 N–H and O–H groups in total. The number of carbonyl (C=O) groups is 1. The van der Waals surface area contributed by atoms with Gasteiger partial charge in [-0.15, -0.1) is 5.10 Å². The Balaban J connectivity index is 1.73. The number of ether oxygens (including phenoxy) is 1. The monoisotopic (exact) mass is 359 g/mol. The van der Waals surface area contributed by atoms with Crippen LogP contribution in [0.5, 0.6) is 5.75 Å². The minimum atomic E-state index is -3.36. The first-order valence-corrected chi connectivity index (χ1v) is 8.93. The summed E-state index contributed by atoms with van der Waals surface area (Å²) in [5.74, 6) is -0.268. The number of benzene rings is 2. The van der Waals surface area contributed by atoms with Gasteiger partial charge in [-0.2, -0.15) is 0 Å². The number of nitrogens with one attached hydrogen (secondary N) is 1. The van der Waals surface area contributed by atoms with Gasteiger partial charge >= 0.3 is 5.97 Å². The fraction of sp³-hybridized carbons (Fsp3) is 0.0667. The first-order chi connectivity index (χ1) is 11.9. The lowest BCUT2D eigenvalue weighted by molar-refractivity contribution is 0.0734. The predicted octanol–water partition coefficient (Wildman–Crippen LogP) is 1.25. The second kappa shape index (κ2) is 6.69. The number of sulfonamides is 1. The van der Waals surface area contributed by atoms with Gasteiger partial charge in [-0.1, -0.05) is 6.07 Å². The Hall–Kier alpha value is -3.27. The number of tetrazole rings is 1. The minimum Gasteiger partial charge on any atom is -0.423 e. The Morgan fingerprint density at radius 2 is 1.92 bits per heavy atom. The van der Waals surface area contributed by atoms with E-state index in [1.807, 2.05) is 0 Å². The molecule has 3 rings (SSSR count). The van der Waals surface area contributed by atoms with Crippen molar-refractivity contribution in [3.05, 3.63) is 60.4 Å². The van der Waals surface area contributed by atoms with Crippen molar-refractivity contribution in [3.63, 3.8) is 0 Å². The third-order valence-electron chi connectivity index (χ3n) is 3.06. The molecule has 0 spiro atoms. The summed E-state index contributed by atoms with van der Waals surface area (Å²) >= 11 is 0. The second-order valence-electron chi connectivity index (χ2n) is 5.09. The van der Waals surface area contributed by atoms with Crippen LogP contribution in [-0.4, -0.2) is 40.9 Å². The van der Waals surface area contributed by atoms with Crippen LogP contribution in [0.3, 0.4) is 0 Å². The molecule has 0 bridgehead atoms. The molecular weight excluding hydrogens is 346 g/mol. The van der Waals surface area contributed by atoms with E-state index in [4.69, 9.17) is 4.74 Å². The Morgan fingerprint density at radius 1 is 1.16 bits per heavy atom. The highest BCUT2D eigenvalue weighted by molar-refractivity contribution is 7.92. The highest BCUT2D eigenvalue weighted by atomic mass is 32.2. The van der Waals surface area contributed by atoms with Crippen LogP contribution in [0.2, 0.25) is 0 Å². The van der Waals surface area contributed by atoms with Crippen molar-refractivity contribution >= 4 is 21.7 Å². The number of rotatable bonds is 5. The summed E-state index contributed by atoms with van der Waals surface area (Å²) in [4.78, 5) is 12.3. The number of esters is 1. The zero-order valence-electron chi connectivity index (χ0n) is 13.0. The highest BCUT2D eigenvalue weighted by Crippen LogP contribution is 2.18. The molecule has 0 aliphatic rings. The summed E-state index contributed by atoms with van der Waals surface area (Å²) in [6, 6.07) is 12.6. The molecule has 0 unspecified atom stereocenters. The molecule has 1 aromatic heterocycles. The first-order valence-electron chi connectivity index (χ1n) is 7.04. The van der Waals surface area contributed by atoms with E-state index in [1.54, 1.807) is 24.3 Å². The molecule has 25 heavy (non-hydrogen) atoms. The van der Waals surface area contributed by atoms with E-state index in [-0.39, 0.29) is 5.75 Å². The molecule has 0 saturated carbocycles. The molecule has 0 fully saturated rings. The lowest BCUT2D eigenvalue weighted by Crippen LogP contribution is -2.10. The summed E-state index contributed by atoms with van der Waals surface area (Å²) < 4.78 is 31.4. The zero-order valence-corrected chi connectivity index (χ0v) is 13.8. The Labute approximate surface area is 143 Å². The number of hydrogen-bond donors (Lipinski definition) is 1. The van der Waals surface area contributed by atoms with Gasteiger partial charge in [0.25, 0.3) is 0 Å². The molecule has 2 aromatic carbocycles. The summed E-state index contributed by atoms with van der Waals surface area (Å²) in [6.45, 7) is 0. The molecule has 0 saturated heterocycles. The van der Waals surface area contributed by atoms with Crippen LogP contribution in [0.15, 0.2) is 54.9 Å². The van der Waals surface area contributed by atoms with Crippen molar-refractivity contribution < 1.29 is 17.9 Å². The number of nitrogens with zero attached hydrogens (tertiary/aromatic N) is 4. The smallest absolute Gasteiger partial charge is 0.343 e. The van der Waals surface area contributed by atoms with Gasteiger partial charge in [-0.05, 0) is 52.9 Å². The van der Waals surface area contributed by atoms with Crippen molar-refractivity contribution in [3.8, 4) is 11.4 Å². The summed E-state index contributed by atoms with van der Waals surface area (Å²) in [5.41, 5.74) is 1.32.